The average molecular weight is 265 g/mol. The molecular formula is C10H28O2Si3. The van der Waals surface area contributed by atoms with E-state index in [9.17, 15) is 0 Å². The van der Waals surface area contributed by atoms with Crippen LogP contribution in [0.3, 0.4) is 0 Å². The van der Waals surface area contributed by atoms with E-state index in [1.165, 1.54) is 0 Å². The first-order chi connectivity index (χ1) is 6.33. The van der Waals surface area contributed by atoms with Crippen LogP contribution in [0, 0.1) is 0 Å². The smallest absolute Gasteiger partial charge is 0.184 e. The Morgan fingerprint density at radius 1 is 0.933 bits per heavy atom. The maximum atomic E-state index is 6.20. The second-order valence-electron chi connectivity index (χ2n) is 6.69. The van der Waals surface area contributed by atoms with Crippen LogP contribution >= 0.6 is 0 Å². The molecule has 0 spiro atoms. The van der Waals surface area contributed by atoms with Crippen molar-refractivity contribution in [2.24, 2.45) is 0 Å². The van der Waals surface area contributed by atoms with Gasteiger partial charge in [0.25, 0.3) is 0 Å². The molecule has 5 heteroatoms. The molecule has 1 unspecified atom stereocenters. The number of rotatable bonds is 5. The molecule has 0 saturated carbocycles. The van der Waals surface area contributed by atoms with Gasteiger partial charge in [-0.1, -0.05) is 0 Å². The van der Waals surface area contributed by atoms with E-state index in [1.807, 2.05) is 0 Å². The Bertz CT molecular complexity index is 204. The van der Waals surface area contributed by atoms with E-state index in [0.717, 1.165) is 10.2 Å². The predicted octanol–water partition coefficient (Wildman–Crippen LogP) is 2.16. The van der Waals surface area contributed by atoms with Crippen LogP contribution < -0.4 is 0 Å². The normalized spacial score (nSPS) is 16.8. The summed E-state index contributed by atoms with van der Waals surface area (Å²) in [7, 11) is -1.88. The van der Waals surface area contributed by atoms with Gasteiger partial charge in [-0.15, -0.1) is 0 Å². The first-order valence-corrected chi connectivity index (χ1v) is 13.7. The molecule has 15 heavy (non-hydrogen) atoms. The summed E-state index contributed by atoms with van der Waals surface area (Å²) in [5.41, 5.74) is 0.188. The number of hydrogen-bond donors (Lipinski definition) is 0. The van der Waals surface area contributed by atoms with Crippen molar-refractivity contribution in [2.45, 2.75) is 64.5 Å². The molecule has 0 N–H and O–H groups in total. The van der Waals surface area contributed by atoms with Crippen LogP contribution in [-0.2, 0) is 8.85 Å². The minimum Gasteiger partial charge on any atom is -0.416 e. The monoisotopic (exact) mass is 264 g/mol. The largest absolute Gasteiger partial charge is 0.416 e. The molecule has 0 radical (unpaired) electrons. The Balaban J connectivity index is 4.46. The highest BCUT2D eigenvalue weighted by atomic mass is 28.4. The maximum Gasteiger partial charge on any atom is 0.184 e. The molecule has 92 valence electrons. The summed E-state index contributed by atoms with van der Waals surface area (Å²) in [5.74, 6) is 0. The zero-order valence-corrected chi connectivity index (χ0v) is 15.9. The quantitative estimate of drug-likeness (QED) is 0.709. The van der Waals surface area contributed by atoms with E-state index in [0.29, 0.717) is 5.73 Å². The van der Waals surface area contributed by atoms with Gasteiger partial charge in [-0.25, -0.2) is 0 Å². The molecule has 0 aromatic rings. The van der Waals surface area contributed by atoms with Gasteiger partial charge in [0.05, 0.1) is 11.3 Å². The van der Waals surface area contributed by atoms with Crippen LogP contribution in [0.15, 0.2) is 0 Å². The minimum absolute atomic E-state index is 0.114. The van der Waals surface area contributed by atoms with E-state index in [1.54, 1.807) is 0 Å². The van der Waals surface area contributed by atoms with Crippen LogP contribution in [0.25, 0.3) is 0 Å². The third-order valence-electron chi connectivity index (χ3n) is 2.08. The summed E-state index contributed by atoms with van der Waals surface area (Å²) in [4.78, 5) is 0. The van der Waals surface area contributed by atoms with Gasteiger partial charge >= 0.3 is 0 Å². The highest BCUT2D eigenvalue weighted by Gasteiger charge is 2.35. The van der Waals surface area contributed by atoms with Crippen LogP contribution in [0.4, 0.5) is 0 Å². The van der Waals surface area contributed by atoms with E-state index in [-0.39, 0.29) is 5.60 Å². The Kier molecular flexibility index (Phi) is 5.01. The fourth-order valence-corrected chi connectivity index (χ4v) is 7.11. The van der Waals surface area contributed by atoms with Gasteiger partial charge in [-0.05, 0) is 53.1 Å². The van der Waals surface area contributed by atoms with Gasteiger partial charge in [-0.2, -0.15) is 0 Å². The summed E-state index contributed by atoms with van der Waals surface area (Å²) in [6, 6.07) is 0. The molecule has 0 aliphatic rings. The van der Waals surface area contributed by atoms with Gasteiger partial charge in [-0.3, -0.25) is 0 Å². The van der Waals surface area contributed by atoms with Gasteiger partial charge < -0.3 is 8.85 Å². The lowest BCUT2D eigenvalue weighted by Gasteiger charge is -2.40. The molecule has 0 aromatic carbocycles. The van der Waals surface area contributed by atoms with E-state index in [2.05, 4.69) is 53.1 Å². The van der Waals surface area contributed by atoms with Gasteiger partial charge in [0.2, 0.25) is 0 Å². The minimum atomic E-state index is -1.47. The summed E-state index contributed by atoms with van der Waals surface area (Å²) in [6.45, 7) is 17.8. The van der Waals surface area contributed by atoms with Gasteiger partial charge in [0.1, 0.15) is 0 Å². The van der Waals surface area contributed by atoms with E-state index >= 15 is 0 Å². The Morgan fingerprint density at radius 2 is 1.33 bits per heavy atom. The standard InChI is InChI=1S/C10H28O2Si3/c1-10(2,12-15(6,7)8)9(13)11-14(3,4)5/h9H,1-8,13H3. The van der Waals surface area contributed by atoms with Gasteiger partial charge in [0, 0.05) is 10.2 Å². The lowest BCUT2D eigenvalue weighted by Crippen LogP contribution is -2.51. The Morgan fingerprint density at radius 3 is 1.60 bits per heavy atom. The molecule has 0 aliphatic carbocycles. The van der Waals surface area contributed by atoms with Crippen molar-refractivity contribution in [2.75, 3.05) is 0 Å². The SMILES string of the molecule is CC(C)(O[Si](C)(C)C)C([SiH3])O[Si](C)(C)C. The molecule has 0 aromatic heterocycles. The fraction of sp³-hybridized carbons (Fsp3) is 1.00. The molecular weight excluding hydrogens is 236 g/mol. The van der Waals surface area contributed by atoms with Gasteiger partial charge in [0.15, 0.2) is 16.6 Å². The predicted molar refractivity (Wildman–Crippen MR) is 76.7 cm³/mol. The fourth-order valence-electron chi connectivity index (χ4n) is 1.54. The molecule has 0 rings (SSSR count). The summed E-state index contributed by atoms with van der Waals surface area (Å²) in [5, 5.41) is 0. The van der Waals surface area contributed by atoms with Crippen LogP contribution in [0.5, 0.6) is 0 Å². The third-order valence-corrected chi connectivity index (χ3v) is 6.38. The molecule has 0 aliphatic heterocycles. The topological polar surface area (TPSA) is 18.5 Å². The molecule has 0 amide bonds. The second kappa shape index (κ2) is 4.83. The lowest BCUT2D eigenvalue weighted by atomic mass is 10.2. The van der Waals surface area contributed by atoms with Crippen molar-refractivity contribution >= 4 is 26.9 Å². The van der Waals surface area contributed by atoms with Crippen molar-refractivity contribution < 1.29 is 8.85 Å². The first kappa shape index (κ1) is 15.6. The van der Waals surface area contributed by atoms with Crippen LogP contribution in [-0.4, -0.2) is 38.2 Å². The molecule has 2 nitrogen and oxygen atoms in total. The number of hydrogen-bond acceptors (Lipinski definition) is 2. The molecule has 0 fully saturated rings. The molecule has 0 heterocycles. The highest BCUT2D eigenvalue weighted by molar-refractivity contribution is 6.70. The van der Waals surface area contributed by atoms with Crippen molar-refractivity contribution in [3.63, 3.8) is 0 Å². The summed E-state index contributed by atoms with van der Waals surface area (Å²) in [6.07, 6.45) is 0. The third kappa shape index (κ3) is 7.46. The van der Waals surface area contributed by atoms with Crippen molar-refractivity contribution in [1.29, 1.82) is 0 Å². The molecule has 0 bridgehead atoms. The lowest BCUT2D eigenvalue weighted by molar-refractivity contribution is 0.0186. The van der Waals surface area contributed by atoms with Crippen molar-refractivity contribution in [3.05, 3.63) is 0 Å². The van der Waals surface area contributed by atoms with E-state index in [4.69, 9.17) is 8.85 Å². The summed E-state index contributed by atoms with van der Waals surface area (Å²) >= 11 is 0. The van der Waals surface area contributed by atoms with Crippen LogP contribution in [0.2, 0.25) is 39.3 Å². The average Bonchev–Trinajstić information content (AvgIpc) is 1.75. The molecule has 0 saturated heterocycles. The van der Waals surface area contributed by atoms with Crippen molar-refractivity contribution in [3.8, 4) is 0 Å². The maximum absolute atomic E-state index is 6.20. The van der Waals surface area contributed by atoms with Crippen LogP contribution in [0.1, 0.15) is 13.8 Å². The van der Waals surface area contributed by atoms with Crippen molar-refractivity contribution in [1.82, 2.24) is 0 Å². The Labute approximate surface area is 100 Å². The second-order valence-corrected chi connectivity index (χ2v) is 16.6. The zero-order chi connectivity index (χ0) is 12.5. The van der Waals surface area contributed by atoms with E-state index < -0.39 is 16.6 Å². The molecule has 1 atom stereocenters. The zero-order valence-electron chi connectivity index (χ0n) is 11.9. The first-order valence-electron chi connectivity index (χ1n) is 5.71. The summed E-state index contributed by atoms with van der Waals surface area (Å²) < 4.78 is 12.3. The highest BCUT2D eigenvalue weighted by Crippen LogP contribution is 2.23. The Hall–Kier alpha value is 0.571.